The van der Waals surface area contributed by atoms with Crippen LogP contribution in [-0.4, -0.2) is 90.6 Å². The standard InChI is InChI=1S/C35H54O11Si/c1-12-47(13-2,14-3)46-24-16-25-34(18-42-25,45-22(8)37)29-31(44-26(39)15-19(4)5)35(41)17-23(38)20(6)27(32(35,9)10)28(43-21(7)36)30(40)33(24,29)11/h15,23-25,28-29,31,38,41H,12-14,16-18H2,1-11H3/t23-,24-,25+,28+,29?,31?,33+,34-,35+/m0/s1. The largest absolute Gasteiger partial charge is 0.456 e. The Morgan fingerprint density at radius 2 is 1.60 bits per heavy atom. The van der Waals surface area contributed by atoms with Crippen LogP contribution in [0.25, 0.3) is 0 Å². The Labute approximate surface area is 279 Å². The number of fused-ring (bicyclic) bond motifs is 5. The Balaban J connectivity index is 2.16. The molecule has 4 rings (SSSR count). The van der Waals surface area contributed by atoms with Gasteiger partial charge >= 0.3 is 17.9 Å². The number of ketones is 1. The van der Waals surface area contributed by atoms with Gasteiger partial charge in [-0.3, -0.25) is 14.4 Å². The number of hydrogen-bond donors (Lipinski definition) is 2. The molecule has 0 aromatic carbocycles. The van der Waals surface area contributed by atoms with E-state index in [0.29, 0.717) is 11.1 Å². The molecule has 0 aromatic heterocycles. The number of aliphatic hydroxyl groups is 2. The second-order valence-corrected chi connectivity index (χ2v) is 19.7. The second kappa shape index (κ2) is 12.8. The van der Waals surface area contributed by atoms with E-state index >= 15 is 4.79 Å². The van der Waals surface area contributed by atoms with E-state index in [4.69, 9.17) is 23.4 Å². The molecule has 264 valence electrons. The van der Waals surface area contributed by atoms with Gasteiger partial charge in [-0.05, 0) is 57.0 Å². The van der Waals surface area contributed by atoms with E-state index in [1.807, 2.05) is 0 Å². The van der Waals surface area contributed by atoms with Gasteiger partial charge in [0.2, 0.25) is 0 Å². The van der Waals surface area contributed by atoms with Crippen molar-refractivity contribution in [1.82, 2.24) is 0 Å². The summed E-state index contributed by atoms with van der Waals surface area (Å²) in [6.07, 6.45) is -4.63. The number of esters is 3. The first-order valence-electron chi connectivity index (χ1n) is 16.9. The van der Waals surface area contributed by atoms with Crippen molar-refractivity contribution in [3.05, 3.63) is 22.8 Å². The van der Waals surface area contributed by atoms with Crippen molar-refractivity contribution < 1.29 is 52.8 Å². The Kier molecular flexibility index (Phi) is 10.2. The average Bonchev–Trinajstić information content (AvgIpc) is 2.96. The van der Waals surface area contributed by atoms with Gasteiger partial charge in [-0.2, -0.15) is 0 Å². The molecule has 2 unspecified atom stereocenters. The van der Waals surface area contributed by atoms with Crippen molar-refractivity contribution in [3.8, 4) is 0 Å². The van der Waals surface area contributed by atoms with Crippen molar-refractivity contribution in [2.45, 2.75) is 149 Å². The zero-order valence-corrected chi connectivity index (χ0v) is 30.9. The minimum Gasteiger partial charge on any atom is -0.456 e. The van der Waals surface area contributed by atoms with E-state index in [2.05, 4.69) is 20.8 Å². The number of hydrogen-bond acceptors (Lipinski definition) is 11. The predicted molar refractivity (Wildman–Crippen MR) is 174 cm³/mol. The van der Waals surface area contributed by atoms with Gasteiger partial charge in [0.25, 0.3) is 0 Å². The van der Waals surface area contributed by atoms with E-state index in [1.54, 1.807) is 41.5 Å². The Bertz CT molecular complexity index is 1350. The summed E-state index contributed by atoms with van der Waals surface area (Å²) in [4.78, 5) is 54.8. The highest BCUT2D eigenvalue weighted by Crippen LogP contribution is 2.65. The van der Waals surface area contributed by atoms with Crippen LogP contribution < -0.4 is 0 Å². The van der Waals surface area contributed by atoms with Crippen molar-refractivity contribution in [3.63, 3.8) is 0 Å². The van der Waals surface area contributed by atoms with Crippen LogP contribution in [0.1, 0.15) is 89.0 Å². The van der Waals surface area contributed by atoms with Crippen LogP contribution in [0.15, 0.2) is 22.8 Å². The molecule has 0 amide bonds. The molecule has 2 N–H and O–H groups in total. The molecular weight excluding hydrogens is 624 g/mol. The molecule has 9 atom stereocenters. The van der Waals surface area contributed by atoms with Gasteiger partial charge < -0.3 is 33.6 Å². The molecule has 1 saturated heterocycles. The molecule has 0 spiro atoms. The van der Waals surface area contributed by atoms with Gasteiger partial charge in [-0.1, -0.05) is 40.2 Å². The van der Waals surface area contributed by atoms with E-state index in [0.717, 1.165) is 18.1 Å². The third-order valence-corrected chi connectivity index (χ3v) is 16.6. The molecular formula is C35H54O11Si. The molecule has 2 saturated carbocycles. The Morgan fingerprint density at radius 3 is 2.06 bits per heavy atom. The maximum atomic E-state index is 15.5. The molecule has 11 nitrogen and oxygen atoms in total. The van der Waals surface area contributed by atoms with Gasteiger partial charge in [0.1, 0.15) is 17.8 Å². The summed E-state index contributed by atoms with van der Waals surface area (Å²) in [5.74, 6) is -3.86. The molecule has 4 aliphatic rings. The second-order valence-electron chi connectivity index (χ2n) is 15.0. The molecule has 1 aliphatic heterocycles. The molecule has 3 aliphatic carbocycles. The van der Waals surface area contributed by atoms with Crippen LogP contribution in [0.2, 0.25) is 18.1 Å². The summed E-state index contributed by atoms with van der Waals surface area (Å²) in [5, 5.41) is 24.6. The Morgan fingerprint density at radius 1 is 1.00 bits per heavy atom. The lowest BCUT2D eigenvalue weighted by molar-refractivity contribution is -0.345. The minimum absolute atomic E-state index is 0.120. The number of carbonyl (C=O) groups is 4. The summed E-state index contributed by atoms with van der Waals surface area (Å²) in [6.45, 7) is 18.8. The van der Waals surface area contributed by atoms with Crippen molar-refractivity contribution in [1.29, 1.82) is 0 Å². The number of aliphatic hydroxyl groups excluding tert-OH is 1. The molecule has 12 heteroatoms. The summed E-state index contributed by atoms with van der Waals surface area (Å²) >= 11 is 0. The van der Waals surface area contributed by atoms with Gasteiger partial charge in [0.15, 0.2) is 25.8 Å². The topological polar surface area (TPSA) is 155 Å². The number of carbonyl (C=O) groups excluding carboxylic acids is 4. The summed E-state index contributed by atoms with van der Waals surface area (Å²) in [6, 6.07) is 2.31. The number of allylic oxidation sites excluding steroid dienone is 1. The average molecular weight is 679 g/mol. The fourth-order valence-corrected chi connectivity index (χ4v) is 11.9. The van der Waals surface area contributed by atoms with Crippen LogP contribution in [0, 0.1) is 16.7 Å². The predicted octanol–water partition coefficient (Wildman–Crippen LogP) is 4.33. The number of rotatable bonds is 9. The lowest BCUT2D eigenvalue weighted by Crippen LogP contribution is -2.82. The molecule has 2 bridgehead atoms. The van der Waals surface area contributed by atoms with Crippen LogP contribution >= 0.6 is 0 Å². The van der Waals surface area contributed by atoms with Crippen molar-refractivity contribution >= 4 is 32.0 Å². The van der Waals surface area contributed by atoms with Gasteiger partial charge in [0.05, 0.1) is 30.1 Å². The number of ether oxygens (including phenoxy) is 4. The minimum atomic E-state index is -2.46. The summed E-state index contributed by atoms with van der Waals surface area (Å²) in [7, 11) is -2.46. The fourth-order valence-electron chi connectivity index (χ4n) is 8.99. The number of Topliss-reactive ketones (excluding diaryl/α,β-unsaturated/α-hetero) is 1. The lowest BCUT2D eigenvalue weighted by Gasteiger charge is -2.68. The SMILES string of the molecule is CC[Si](CC)(CC)O[C@H]1C[C@H]2OC[C@@]2(OC(C)=O)C2C(OC(=O)C=C(C)C)[C@]3(O)C[C@H](O)C(C)=C([C@@H](OC(C)=O)C(=O)[C@@]21C)C3(C)C. The third-order valence-electron chi connectivity index (χ3n) is 11.9. The van der Waals surface area contributed by atoms with Crippen molar-refractivity contribution in [2.24, 2.45) is 16.7 Å². The third kappa shape index (κ3) is 5.75. The monoisotopic (exact) mass is 678 g/mol. The summed E-state index contributed by atoms with van der Waals surface area (Å²) in [5.41, 5.74) is -5.28. The van der Waals surface area contributed by atoms with Gasteiger partial charge in [-0.15, -0.1) is 0 Å². The lowest BCUT2D eigenvalue weighted by atomic mass is 9.44. The quantitative estimate of drug-likeness (QED) is 0.118. The highest BCUT2D eigenvalue weighted by Gasteiger charge is 2.78. The maximum Gasteiger partial charge on any atom is 0.331 e. The van der Waals surface area contributed by atoms with Crippen molar-refractivity contribution in [2.75, 3.05) is 6.61 Å². The van der Waals surface area contributed by atoms with Gasteiger partial charge in [0, 0.05) is 38.2 Å². The maximum absolute atomic E-state index is 15.5. The molecule has 1 heterocycles. The normalized spacial score (nSPS) is 37.7. The molecule has 0 radical (unpaired) electrons. The van der Waals surface area contributed by atoms with Gasteiger partial charge in [-0.25, -0.2) is 4.79 Å². The van der Waals surface area contributed by atoms with Crippen LogP contribution in [0.4, 0.5) is 0 Å². The zero-order chi connectivity index (χ0) is 35.5. The van der Waals surface area contributed by atoms with Crippen LogP contribution in [-0.2, 0) is 42.6 Å². The molecule has 3 fully saturated rings. The van der Waals surface area contributed by atoms with Crippen LogP contribution in [0.3, 0.4) is 0 Å². The first-order valence-corrected chi connectivity index (χ1v) is 19.4. The first kappa shape index (κ1) is 37.4. The van der Waals surface area contributed by atoms with Crippen LogP contribution in [0.5, 0.6) is 0 Å². The van der Waals surface area contributed by atoms with E-state index < -0.39 is 90.5 Å². The zero-order valence-electron chi connectivity index (χ0n) is 29.9. The fraction of sp³-hybridized carbons (Fsp3) is 0.771. The van der Waals surface area contributed by atoms with E-state index in [9.17, 15) is 24.6 Å². The smallest absolute Gasteiger partial charge is 0.331 e. The van der Waals surface area contributed by atoms with E-state index in [1.165, 1.54) is 19.9 Å². The highest BCUT2D eigenvalue weighted by molar-refractivity contribution is 6.73. The first-order chi connectivity index (χ1) is 21.7. The highest BCUT2D eigenvalue weighted by atomic mass is 28.4. The van der Waals surface area contributed by atoms with E-state index in [-0.39, 0.29) is 25.0 Å². The summed E-state index contributed by atoms with van der Waals surface area (Å²) < 4.78 is 31.6. The molecule has 47 heavy (non-hydrogen) atoms. The molecule has 0 aromatic rings. The Hall–Kier alpha value is -2.38.